The van der Waals surface area contributed by atoms with Crippen molar-refractivity contribution in [2.45, 2.75) is 43.5 Å². The first-order valence-corrected chi connectivity index (χ1v) is 8.21. The molecule has 0 bridgehead atoms. The number of hydrogen-bond acceptors (Lipinski definition) is 4. The molecule has 0 rings (SSSR count). The van der Waals surface area contributed by atoms with Crippen molar-refractivity contribution in [1.82, 2.24) is 4.31 Å². The fraction of sp³-hybridized carbons (Fsp3) is 0.909. The Labute approximate surface area is 142 Å². The molecule has 0 fully saturated rings. The molecule has 0 aliphatic carbocycles. The highest BCUT2D eigenvalue weighted by molar-refractivity contribution is 7.90. The zero-order valence-corrected chi connectivity index (χ0v) is 14.0. The number of halogens is 9. The Hall–Kier alpha value is -1.25. The molecule has 5 nitrogen and oxygen atoms in total. The number of sulfonamides is 1. The van der Waals surface area contributed by atoms with Gasteiger partial charge in [0.2, 0.25) is 0 Å². The number of ether oxygens (including phenoxy) is 1. The summed E-state index contributed by atoms with van der Waals surface area (Å²) in [5, 5.41) is -6.87. The van der Waals surface area contributed by atoms with Gasteiger partial charge in [0.25, 0.3) is 10.0 Å². The van der Waals surface area contributed by atoms with E-state index in [1.807, 2.05) is 0 Å². The molecule has 0 amide bonds. The highest BCUT2D eigenvalue weighted by Gasteiger charge is 2.85. The summed E-state index contributed by atoms with van der Waals surface area (Å²) in [4.78, 5) is 11.2. The first kappa shape index (κ1) is 24.8. The monoisotopic (exact) mass is 427 g/mol. The normalized spacial score (nSPS) is 14.6. The van der Waals surface area contributed by atoms with Gasteiger partial charge in [-0.25, -0.2) is 8.42 Å². The molecule has 0 saturated carbocycles. The Morgan fingerprint density at radius 1 is 0.923 bits per heavy atom. The average Bonchev–Trinajstić information content (AvgIpc) is 2.45. The summed E-state index contributed by atoms with van der Waals surface area (Å²) in [6.07, 6.45) is -7.51. The van der Waals surface area contributed by atoms with E-state index in [9.17, 15) is 52.7 Å². The van der Waals surface area contributed by atoms with Gasteiger partial charge in [-0.2, -0.15) is 43.8 Å². The van der Waals surface area contributed by atoms with E-state index in [4.69, 9.17) is 0 Å². The number of carbonyl (C=O) groups excluding carboxylic acids is 1. The Morgan fingerprint density at radius 3 is 1.73 bits per heavy atom. The number of esters is 1. The summed E-state index contributed by atoms with van der Waals surface area (Å²) in [6, 6.07) is 0. The first-order chi connectivity index (χ1) is 11.4. The molecule has 0 saturated heterocycles. The molecule has 0 spiro atoms. The Morgan fingerprint density at radius 2 is 1.38 bits per heavy atom. The van der Waals surface area contributed by atoms with Gasteiger partial charge >= 0.3 is 29.2 Å². The molecule has 0 aliphatic rings. The first-order valence-electron chi connectivity index (χ1n) is 6.77. The van der Waals surface area contributed by atoms with Crippen LogP contribution < -0.4 is 0 Å². The lowest BCUT2D eigenvalue weighted by molar-refractivity contribution is -0.382. The van der Waals surface area contributed by atoms with Crippen LogP contribution in [0.4, 0.5) is 39.5 Å². The second kappa shape index (κ2) is 7.78. The van der Waals surface area contributed by atoms with Crippen LogP contribution in [-0.2, 0) is 19.6 Å². The van der Waals surface area contributed by atoms with Crippen LogP contribution in [0.15, 0.2) is 0 Å². The highest BCUT2D eigenvalue weighted by atomic mass is 32.2. The number of carbonyl (C=O) groups is 1. The molecular formula is C11H14F9NO4S. The number of hydrogen-bond donors (Lipinski definition) is 0. The third-order valence-electron chi connectivity index (χ3n) is 2.86. The quantitative estimate of drug-likeness (QED) is 0.419. The van der Waals surface area contributed by atoms with Crippen molar-refractivity contribution in [3.8, 4) is 0 Å². The molecule has 0 aromatic carbocycles. The van der Waals surface area contributed by atoms with Crippen LogP contribution in [0.25, 0.3) is 0 Å². The van der Waals surface area contributed by atoms with Gasteiger partial charge in [0, 0.05) is 6.54 Å². The van der Waals surface area contributed by atoms with Crippen molar-refractivity contribution in [2.75, 3.05) is 19.7 Å². The largest absolute Gasteiger partial charge is 0.465 e. The maximum atomic E-state index is 13.7. The molecule has 0 atom stereocenters. The molecule has 0 N–H and O–H groups in total. The van der Waals surface area contributed by atoms with E-state index in [0.29, 0.717) is 0 Å². The van der Waals surface area contributed by atoms with Gasteiger partial charge in [0.15, 0.2) is 0 Å². The van der Waals surface area contributed by atoms with Gasteiger partial charge < -0.3 is 4.74 Å². The maximum absolute atomic E-state index is 13.7. The lowest BCUT2D eigenvalue weighted by atomic mass is 10.1. The summed E-state index contributed by atoms with van der Waals surface area (Å²) in [6.45, 7) is -0.604. The van der Waals surface area contributed by atoms with Gasteiger partial charge in [-0.15, -0.1) is 0 Å². The average molecular weight is 427 g/mol. The molecule has 0 aromatic heterocycles. The second-order valence-electron chi connectivity index (χ2n) is 4.81. The van der Waals surface area contributed by atoms with Gasteiger partial charge in [0.1, 0.15) is 6.54 Å². The van der Waals surface area contributed by atoms with Crippen molar-refractivity contribution in [3.05, 3.63) is 0 Å². The molecule has 0 heterocycles. The van der Waals surface area contributed by atoms with E-state index in [1.54, 1.807) is 0 Å². The molecule has 0 aromatic rings. The molecule has 15 heteroatoms. The second-order valence-corrected chi connectivity index (χ2v) is 6.79. The summed E-state index contributed by atoms with van der Waals surface area (Å²) in [5.74, 6) is -16.2. The van der Waals surface area contributed by atoms with E-state index in [-0.39, 0.29) is 13.0 Å². The zero-order valence-electron chi connectivity index (χ0n) is 13.2. The van der Waals surface area contributed by atoms with Crippen molar-refractivity contribution < 1.29 is 57.5 Å². The number of alkyl halides is 9. The predicted molar refractivity (Wildman–Crippen MR) is 68.3 cm³/mol. The van der Waals surface area contributed by atoms with Crippen LogP contribution >= 0.6 is 0 Å². The topological polar surface area (TPSA) is 63.7 Å². The minimum Gasteiger partial charge on any atom is -0.465 e. The summed E-state index contributed by atoms with van der Waals surface area (Å²) >= 11 is 0. The van der Waals surface area contributed by atoms with Gasteiger partial charge in [-0.3, -0.25) is 4.79 Å². The van der Waals surface area contributed by atoms with Crippen LogP contribution in [-0.4, -0.2) is 61.7 Å². The molecule has 0 unspecified atom stereocenters. The Balaban J connectivity index is 6.15. The lowest BCUT2D eigenvalue weighted by Gasteiger charge is -2.35. The van der Waals surface area contributed by atoms with E-state index in [0.717, 1.165) is 6.92 Å². The Bertz CT molecular complexity index is 603. The third-order valence-corrected chi connectivity index (χ3v) is 4.76. The maximum Gasteiger partial charge on any atom is 0.460 e. The Kier molecular flexibility index (Phi) is 7.41. The fourth-order valence-corrected chi connectivity index (χ4v) is 3.04. The summed E-state index contributed by atoms with van der Waals surface area (Å²) in [5.41, 5.74) is 0. The van der Waals surface area contributed by atoms with E-state index < -0.39 is 56.7 Å². The van der Waals surface area contributed by atoms with E-state index in [1.165, 1.54) is 6.92 Å². The van der Waals surface area contributed by atoms with E-state index >= 15 is 0 Å². The predicted octanol–water partition coefficient (Wildman–Crippen LogP) is 3.02. The smallest absolute Gasteiger partial charge is 0.460 e. The van der Waals surface area contributed by atoms with Crippen LogP contribution in [0.2, 0.25) is 0 Å². The van der Waals surface area contributed by atoms with Crippen molar-refractivity contribution in [1.29, 1.82) is 0 Å². The van der Waals surface area contributed by atoms with Gasteiger partial charge in [-0.1, -0.05) is 6.92 Å². The summed E-state index contributed by atoms with van der Waals surface area (Å²) < 4.78 is 143. The van der Waals surface area contributed by atoms with Crippen LogP contribution in [0.5, 0.6) is 0 Å². The standard InChI is InChI=1S/C11H14F9NO4S/c1-3-5-21(6-7(22)25-4-2)26(23,24)11(19,20)9(14,15)8(12,13)10(16,17)18/h3-6H2,1-2H3. The van der Waals surface area contributed by atoms with Gasteiger partial charge in [0.05, 0.1) is 6.61 Å². The SMILES string of the molecule is CCCN(CC(=O)OCC)S(=O)(=O)C(F)(F)C(F)(F)C(F)(F)C(F)(F)F. The minimum absolute atomic E-state index is 0.351. The van der Waals surface area contributed by atoms with E-state index in [2.05, 4.69) is 4.74 Å². The fourth-order valence-electron chi connectivity index (χ4n) is 1.57. The third kappa shape index (κ3) is 4.18. The zero-order chi connectivity index (χ0) is 21.2. The number of rotatable bonds is 9. The number of nitrogens with zero attached hydrogens (tertiary/aromatic N) is 1. The van der Waals surface area contributed by atoms with Crippen molar-refractivity contribution in [2.24, 2.45) is 0 Å². The van der Waals surface area contributed by atoms with Crippen LogP contribution in [0.1, 0.15) is 20.3 Å². The molecule has 0 radical (unpaired) electrons. The molecule has 156 valence electrons. The highest BCUT2D eigenvalue weighted by Crippen LogP contribution is 2.55. The summed E-state index contributed by atoms with van der Waals surface area (Å²) in [7, 11) is -6.81. The van der Waals surface area contributed by atoms with Crippen LogP contribution in [0, 0.1) is 0 Å². The molecule has 0 aliphatic heterocycles. The van der Waals surface area contributed by atoms with Crippen LogP contribution in [0.3, 0.4) is 0 Å². The molecule has 26 heavy (non-hydrogen) atoms. The van der Waals surface area contributed by atoms with Gasteiger partial charge in [-0.05, 0) is 13.3 Å². The lowest BCUT2D eigenvalue weighted by Crippen LogP contribution is -2.65. The minimum atomic E-state index is -7.36. The van der Waals surface area contributed by atoms with Crippen molar-refractivity contribution >= 4 is 16.0 Å². The molecular weight excluding hydrogens is 413 g/mol. The van der Waals surface area contributed by atoms with Crippen molar-refractivity contribution in [3.63, 3.8) is 0 Å².